The molecule has 0 atom stereocenters. The van der Waals surface area contributed by atoms with E-state index in [1.54, 1.807) is 30.2 Å². The summed E-state index contributed by atoms with van der Waals surface area (Å²) >= 11 is 0. The van der Waals surface area contributed by atoms with Gasteiger partial charge >= 0.3 is 6.03 Å². The number of anilines is 2. The number of para-hydroxylation sites is 1. The summed E-state index contributed by atoms with van der Waals surface area (Å²) in [6, 6.07) is 22.7. The molecule has 3 aromatic carbocycles. The minimum atomic E-state index is -0.242. The zero-order chi connectivity index (χ0) is 22.5. The van der Waals surface area contributed by atoms with Gasteiger partial charge in [0.15, 0.2) is 0 Å². The largest absolute Gasteiger partial charge is 0.496 e. The van der Waals surface area contributed by atoms with Gasteiger partial charge < -0.3 is 15.0 Å². The Morgan fingerprint density at radius 3 is 2.53 bits per heavy atom. The quantitative estimate of drug-likeness (QED) is 0.594. The van der Waals surface area contributed by atoms with E-state index in [1.165, 1.54) is 5.56 Å². The van der Waals surface area contributed by atoms with Crippen LogP contribution in [0, 0.1) is 6.92 Å². The van der Waals surface area contributed by atoms with Gasteiger partial charge in [-0.05, 0) is 55.3 Å². The molecule has 1 aliphatic heterocycles. The number of carbonyl (C=O) groups is 2. The first-order valence-corrected chi connectivity index (χ1v) is 10.7. The third-order valence-electron chi connectivity index (χ3n) is 5.56. The number of nitrogens with one attached hydrogen (secondary N) is 1. The number of aryl methyl sites for hydroxylation is 1. The second-order valence-electron chi connectivity index (χ2n) is 7.90. The van der Waals surface area contributed by atoms with Crippen molar-refractivity contribution in [1.82, 2.24) is 4.90 Å². The van der Waals surface area contributed by atoms with Crippen LogP contribution in [0.5, 0.6) is 5.75 Å². The van der Waals surface area contributed by atoms with Crippen LogP contribution in [0.25, 0.3) is 0 Å². The fraction of sp³-hybridized carbons (Fsp3) is 0.231. The molecular weight excluding hydrogens is 402 g/mol. The molecule has 0 saturated carbocycles. The van der Waals surface area contributed by atoms with Gasteiger partial charge in [-0.2, -0.15) is 0 Å². The van der Waals surface area contributed by atoms with Crippen molar-refractivity contribution in [2.24, 2.45) is 0 Å². The van der Waals surface area contributed by atoms with Gasteiger partial charge in [-0.15, -0.1) is 0 Å². The molecule has 1 heterocycles. The normalized spacial score (nSPS) is 13.8. The molecule has 0 bridgehead atoms. The number of benzene rings is 3. The topological polar surface area (TPSA) is 61.9 Å². The fourth-order valence-corrected chi connectivity index (χ4v) is 3.95. The Labute approximate surface area is 188 Å². The highest BCUT2D eigenvalue weighted by atomic mass is 16.5. The summed E-state index contributed by atoms with van der Waals surface area (Å²) in [5, 5.41) is 2.89. The van der Waals surface area contributed by atoms with Gasteiger partial charge in [0.1, 0.15) is 5.75 Å². The molecule has 0 radical (unpaired) electrons. The van der Waals surface area contributed by atoms with E-state index < -0.39 is 0 Å². The van der Waals surface area contributed by atoms with Crippen molar-refractivity contribution in [3.05, 3.63) is 89.5 Å². The third kappa shape index (κ3) is 4.75. The Morgan fingerprint density at radius 2 is 1.78 bits per heavy atom. The first-order chi connectivity index (χ1) is 15.5. The minimum absolute atomic E-state index is 0.00330. The second-order valence-corrected chi connectivity index (χ2v) is 7.90. The van der Waals surface area contributed by atoms with Crippen LogP contribution < -0.4 is 15.0 Å². The summed E-state index contributed by atoms with van der Waals surface area (Å²) in [4.78, 5) is 29.4. The summed E-state index contributed by atoms with van der Waals surface area (Å²) in [6.45, 7) is 4.08. The molecule has 0 spiro atoms. The van der Waals surface area contributed by atoms with Crippen LogP contribution in [-0.4, -0.2) is 37.0 Å². The highest BCUT2D eigenvalue weighted by Gasteiger charge is 2.26. The SMILES string of the molecule is COc1ccccc1C(=O)Nc1ccc(N2CCCN(Cc3cccc(C)c3)C2=O)cc1. The zero-order valence-electron chi connectivity index (χ0n) is 18.4. The molecule has 3 amide bonds. The number of urea groups is 1. The number of amides is 3. The lowest BCUT2D eigenvalue weighted by Gasteiger charge is -2.35. The van der Waals surface area contributed by atoms with E-state index in [0.29, 0.717) is 30.1 Å². The lowest BCUT2D eigenvalue weighted by molar-refractivity contribution is 0.102. The van der Waals surface area contributed by atoms with E-state index in [9.17, 15) is 9.59 Å². The van der Waals surface area contributed by atoms with E-state index in [2.05, 4.69) is 30.4 Å². The van der Waals surface area contributed by atoms with E-state index in [-0.39, 0.29) is 11.9 Å². The smallest absolute Gasteiger partial charge is 0.324 e. The van der Waals surface area contributed by atoms with Crippen molar-refractivity contribution in [3.63, 3.8) is 0 Å². The number of methoxy groups -OCH3 is 1. The highest BCUT2D eigenvalue weighted by molar-refractivity contribution is 6.06. The van der Waals surface area contributed by atoms with Crippen molar-refractivity contribution in [2.45, 2.75) is 19.9 Å². The van der Waals surface area contributed by atoms with Crippen LogP contribution in [-0.2, 0) is 6.54 Å². The van der Waals surface area contributed by atoms with Gasteiger partial charge in [-0.1, -0.05) is 42.0 Å². The molecule has 0 aliphatic carbocycles. The Bertz CT molecular complexity index is 1110. The lowest BCUT2D eigenvalue weighted by Crippen LogP contribution is -2.49. The Kier molecular flexibility index (Phi) is 6.40. The van der Waals surface area contributed by atoms with Gasteiger partial charge in [0, 0.05) is 31.0 Å². The van der Waals surface area contributed by atoms with Gasteiger partial charge in [-0.25, -0.2) is 4.79 Å². The molecule has 32 heavy (non-hydrogen) atoms. The van der Waals surface area contributed by atoms with Gasteiger partial charge in [0.05, 0.1) is 12.7 Å². The number of rotatable bonds is 6. The fourth-order valence-electron chi connectivity index (χ4n) is 3.95. The number of ether oxygens (including phenoxy) is 1. The average Bonchev–Trinajstić information content (AvgIpc) is 2.81. The van der Waals surface area contributed by atoms with Crippen molar-refractivity contribution < 1.29 is 14.3 Å². The predicted octanol–water partition coefficient (Wildman–Crippen LogP) is 5.09. The summed E-state index contributed by atoms with van der Waals surface area (Å²) < 4.78 is 5.26. The minimum Gasteiger partial charge on any atom is -0.496 e. The number of nitrogens with zero attached hydrogens (tertiary/aromatic N) is 2. The van der Waals surface area contributed by atoms with Gasteiger partial charge in [-0.3, -0.25) is 9.69 Å². The van der Waals surface area contributed by atoms with E-state index in [4.69, 9.17) is 4.74 Å². The van der Waals surface area contributed by atoms with Gasteiger partial charge in [0.25, 0.3) is 5.91 Å². The van der Waals surface area contributed by atoms with Crippen LogP contribution >= 0.6 is 0 Å². The number of hydrogen-bond donors (Lipinski definition) is 1. The monoisotopic (exact) mass is 429 g/mol. The predicted molar refractivity (Wildman–Crippen MR) is 126 cm³/mol. The Morgan fingerprint density at radius 1 is 1.00 bits per heavy atom. The van der Waals surface area contributed by atoms with Crippen molar-refractivity contribution in [1.29, 1.82) is 0 Å². The Balaban J connectivity index is 1.44. The molecule has 1 fully saturated rings. The highest BCUT2D eigenvalue weighted by Crippen LogP contribution is 2.25. The van der Waals surface area contributed by atoms with Crippen LogP contribution in [0.3, 0.4) is 0 Å². The van der Waals surface area contributed by atoms with E-state index in [1.807, 2.05) is 41.3 Å². The summed E-state index contributed by atoms with van der Waals surface area (Å²) in [6.07, 6.45) is 0.907. The van der Waals surface area contributed by atoms with E-state index in [0.717, 1.165) is 24.2 Å². The molecule has 1 aliphatic rings. The van der Waals surface area contributed by atoms with Crippen LogP contribution in [0.15, 0.2) is 72.8 Å². The molecule has 1 N–H and O–H groups in total. The van der Waals surface area contributed by atoms with Crippen molar-refractivity contribution in [3.8, 4) is 5.75 Å². The van der Waals surface area contributed by atoms with Crippen molar-refractivity contribution >= 4 is 23.3 Å². The molecule has 0 aromatic heterocycles. The van der Waals surface area contributed by atoms with Crippen LogP contribution in [0.4, 0.5) is 16.2 Å². The number of hydrogen-bond acceptors (Lipinski definition) is 3. The molecular formula is C26H27N3O3. The molecule has 3 aromatic rings. The molecule has 6 nitrogen and oxygen atoms in total. The van der Waals surface area contributed by atoms with Crippen molar-refractivity contribution in [2.75, 3.05) is 30.4 Å². The molecule has 4 rings (SSSR count). The molecule has 164 valence electrons. The van der Waals surface area contributed by atoms with Crippen LogP contribution in [0.1, 0.15) is 27.9 Å². The maximum Gasteiger partial charge on any atom is 0.324 e. The summed E-state index contributed by atoms with van der Waals surface area (Å²) in [7, 11) is 1.54. The second kappa shape index (κ2) is 9.56. The zero-order valence-corrected chi connectivity index (χ0v) is 18.4. The molecule has 1 saturated heterocycles. The third-order valence-corrected chi connectivity index (χ3v) is 5.56. The average molecular weight is 430 g/mol. The number of carbonyl (C=O) groups excluding carboxylic acids is 2. The summed E-state index contributed by atoms with van der Waals surface area (Å²) in [5.74, 6) is 0.280. The first-order valence-electron chi connectivity index (χ1n) is 10.7. The van der Waals surface area contributed by atoms with Gasteiger partial charge in [0.2, 0.25) is 0 Å². The maximum absolute atomic E-state index is 13.1. The van der Waals surface area contributed by atoms with Crippen LogP contribution in [0.2, 0.25) is 0 Å². The first kappa shape index (κ1) is 21.4. The molecule has 6 heteroatoms. The lowest BCUT2D eigenvalue weighted by atomic mass is 10.1. The Hall–Kier alpha value is -3.80. The maximum atomic E-state index is 13.1. The molecule has 0 unspecified atom stereocenters. The van der Waals surface area contributed by atoms with E-state index >= 15 is 0 Å². The summed E-state index contributed by atoms with van der Waals surface area (Å²) in [5.41, 5.74) is 4.27. The standard InChI is InChI=1S/C26H27N3O3/c1-19-7-5-8-20(17-19)18-28-15-6-16-29(26(28)31)22-13-11-21(12-14-22)27-25(30)23-9-3-4-10-24(23)32-2/h3-5,7-14,17H,6,15-16,18H2,1-2H3,(H,27,30).